The van der Waals surface area contributed by atoms with Gasteiger partial charge in [0.1, 0.15) is 17.3 Å². The molecule has 3 aromatic rings. The molecule has 174 valence electrons. The fourth-order valence-electron chi connectivity index (χ4n) is 3.80. The lowest BCUT2D eigenvalue weighted by Gasteiger charge is -2.25. The van der Waals surface area contributed by atoms with Crippen molar-refractivity contribution in [2.45, 2.75) is 13.0 Å². The molecule has 4 rings (SSSR count). The average Bonchev–Trinajstić information content (AvgIpc) is 3.08. The first-order chi connectivity index (χ1) is 16.2. The summed E-state index contributed by atoms with van der Waals surface area (Å²) in [4.78, 5) is 27.1. The first kappa shape index (κ1) is 23.3. The topological polar surface area (TPSA) is 87.1 Å². The molecule has 0 saturated carbocycles. The standard InChI is InChI=1S/C25H18ClF2NO5/c1-2-34-16-5-3-4-14(10-16)23(31)21-22(13-6-9-20(30)17(26)11-13)29(25(33)24(21)32)15-7-8-18(27)19(28)12-15/h3-12,22,30-31H,2H2,1H3/b23-21+. The van der Waals surface area contributed by atoms with Crippen LogP contribution in [-0.2, 0) is 9.59 Å². The first-order valence-corrected chi connectivity index (χ1v) is 10.6. The van der Waals surface area contributed by atoms with E-state index in [0.29, 0.717) is 12.4 Å². The van der Waals surface area contributed by atoms with Crippen molar-refractivity contribution in [3.63, 3.8) is 0 Å². The van der Waals surface area contributed by atoms with Gasteiger partial charge < -0.3 is 14.9 Å². The molecule has 34 heavy (non-hydrogen) atoms. The number of halogens is 3. The number of amides is 1. The Morgan fingerprint density at radius 3 is 2.50 bits per heavy atom. The van der Waals surface area contributed by atoms with Crippen molar-refractivity contribution >= 4 is 34.7 Å². The summed E-state index contributed by atoms with van der Waals surface area (Å²) >= 11 is 6.06. The largest absolute Gasteiger partial charge is 0.507 e. The quantitative estimate of drug-likeness (QED) is 0.289. The number of ketones is 1. The third-order valence-electron chi connectivity index (χ3n) is 5.33. The molecule has 1 amide bonds. The van der Waals surface area contributed by atoms with E-state index in [2.05, 4.69) is 0 Å². The number of aliphatic hydroxyl groups excluding tert-OH is 1. The molecule has 1 heterocycles. The minimum Gasteiger partial charge on any atom is -0.507 e. The van der Waals surface area contributed by atoms with E-state index in [-0.39, 0.29) is 33.2 Å². The highest BCUT2D eigenvalue weighted by Gasteiger charge is 2.47. The molecular formula is C25H18ClF2NO5. The summed E-state index contributed by atoms with van der Waals surface area (Å²) in [5, 5.41) is 20.9. The number of aromatic hydroxyl groups is 1. The summed E-state index contributed by atoms with van der Waals surface area (Å²) in [5.74, 6) is -4.71. The second-order valence-electron chi connectivity index (χ2n) is 7.44. The number of aliphatic hydroxyl groups is 1. The number of carbonyl (C=O) groups excluding carboxylic acids is 2. The zero-order valence-electron chi connectivity index (χ0n) is 17.8. The molecule has 0 aromatic heterocycles. The fraction of sp³-hybridized carbons (Fsp3) is 0.120. The van der Waals surface area contributed by atoms with Gasteiger partial charge in [0.15, 0.2) is 11.6 Å². The molecule has 1 saturated heterocycles. The van der Waals surface area contributed by atoms with Crippen LogP contribution in [0.3, 0.4) is 0 Å². The van der Waals surface area contributed by atoms with Crippen molar-refractivity contribution in [2.24, 2.45) is 0 Å². The summed E-state index contributed by atoms with van der Waals surface area (Å²) in [5.41, 5.74) is 0.0841. The Kier molecular flexibility index (Phi) is 6.26. The molecular weight excluding hydrogens is 468 g/mol. The Hall–Kier alpha value is -3.91. The van der Waals surface area contributed by atoms with Gasteiger partial charge in [0, 0.05) is 17.3 Å². The molecule has 1 aliphatic rings. The van der Waals surface area contributed by atoms with Crippen LogP contribution in [0.1, 0.15) is 24.1 Å². The van der Waals surface area contributed by atoms with Crippen molar-refractivity contribution in [1.29, 1.82) is 0 Å². The van der Waals surface area contributed by atoms with Crippen molar-refractivity contribution < 1.29 is 33.3 Å². The number of hydrogen-bond donors (Lipinski definition) is 2. The summed E-state index contributed by atoms with van der Waals surface area (Å²) in [6.45, 7) is 2.16. The minimum absolute atomic E-state index is 0.0632. The Morgan fingerprint density at radius 1 is 1.06 bits per heavy atom. The number of anilines is 1. The van der Waals surface area contributed by atoms with Crippen LogP contribution < -0.4 is 9.64 Å². The molecule has 0 radical (unpaired) electrons. The molecule has 6 nitrogen and oxygen atoms in total. The smallest absolute Gasteiger partial charge is 0.300 e. The van der Waals surface area contributed by atoms with Gasteiger partial charge in [-0.25, -0.2) is 8.78 Å². The summed E-state index contributed by atoms with van der Waals surface area (Å²) in [6, 6.07) is 11.8. The van der Waals surface area contributed by atoms with Crippen molar-refractivity contribution in [3.05, 3.63) is 94.0 Å². The molecule has 0 spiro atoms. The predicted molar refractivity (Wildman–Crippen MR) is 122 cm³/mol. The summed E-state index contributed by atoms with van der Waals surface area (Å²) in [7, 11) is 0. The van der Waals surface area contributed by atoms with Crippen LogP contribution in [0.5, 0.6) is 11.5 Å². The van der Waals surface area contributed by atoms with Crippen LogP contribution in [0.15, 0.2) is 66.2 Å². The van der Waals surface area contributed by atoms with E-state index in [1.807, 2.05) is 0 Å². The number of benzene rings is 3. The Balaban J connectivity index is 1.95. The van der Waals surface area contributed by atoms with Gasteiger partial charge in [-0.3, -0.25) is 14.5 Å². The molecule has 3 aromatic carbocycles. The first-order valence-electron chi connectivity index (χ1n) is 10.2. The van der Waals surface area contributed by atoms with E-state index in [1.165, 1.54) is 30.3 Å². The van der Waals surface area contributed by atoms with Crippen LogP contribution in [0.2, 0.25) is 5.02 Å². The summed E-state index contributed by atoms with van der Waals surface area (Å²) in [6.07, 6.45) is 0. The van der Waals surface area contributed by atoms with Gasteiger partial charge in [0.2, 0.25) is 0 Å². The number of ether oxygens (including phenoxy) is 1. The van der Waals surface area contributed by atoms with Crippen LogP contribution in [0.25, 0.3) is 5.76 Å². The maximum absolute atomic E-state index is 14.0. The van der Waals surface area contributed by atoms with Crippen molar-refractivity contribution in [3.8, 4) is 11.5 Å². The monoisotopic (exact) mass is 485 g/mol. The zero-order valence-corrected chi connectivity index (χ0v) is 18.5. The van der Waals surface area contributed by atoms with E-state index in [4.69, 9.17) is 16.3 Å². The van der Waals surface area contributed by atoms with E-state index < -0.39 is 35.1 Å². The third-order valence-corrected chi connectivity index (χ3v) is 5.63. The van der Waals surface area contributed by atoms with Gasteiger partial charge in [0.25, 0.3) is 11.7 Å². The fourth-order valence-corrected chi connectivity index (χ4v) is 3.99. The summed E-state index contributed by atoms with van der Waals surface area (Å²) < 4.78 is 33.0. The Bertz CT molecular complexity index is 1340. The van der Waals surface area contributed by atoms with Crippen molar-refractivity contribution in [1.82, 2.24) is 0 Å². The normalized spacial score (nSPS) is 17.3. The van der Waals surface area contributed by atoms with Crippen LogP contribution in [0.4, 0.5) is 14.5 Å². The highest BCUT2D eigenvalue weighted by Crippen LogP contribution is 2.44. The molecule has 9 heteroatoms. The van der Waals surface area contributed by atoms with Gasteiger partial charge in [-0.15, -0.1) is 0 Å². The van der Waals surface area contributed by atoms with E-state index in [1.54, 1.807) is 19.1 Å². The van der Waals surface area contributed by atoms with Crippen LogP contribution >= 0.6 is 11.6 Å². The number of phenolic OH excluding ortho intramolecular Hbond substituents is 1. The van der Waals surface area contributed by atoms with Gasteiger partial charge in [0.05, 0.1) is 23.2 Å². The van der Waals surface area contributed by atoms with E-state index in [9.17, 15) is 28.6 Å². The Morgan fingerprint density at radius 2 is 1.82 bits per heavy atom. The number of phenols is 1. The average molecular weight is 486 g/mol. The lowest BCUT2D eigenvalue weighted by atomic mass is 9.95. The number of Topliss-reactive ketones (excluding diaryl/α,β-unsaturated/α-hetero) is 1. The highest BCUT2D eigenvalue weighted by molar-refractivity contribution is 6.51. The lowest BCUT2D eigenvalue weighted by molar-refractivity contribution is -0.132. The minimum atomic E-state index is -1.24. The zero-order chi connectivity index (χ0) is 24.6. The second-order valence-corrected chi connectivity index (χ2v) is 7.85. The van der Waals surface area contributed by atoms with Gasteiger partial charge in [-0.05, 0) is 48.9 Å². The molecule has 1 unspecified atom stereocenters. The maximum Gasteiger partial charge on any atom is 0.300 e. The molecule has 2 N–H and O–H groups in total. The maximum atomic E-state index is 14.0. The molecule has 1 atom stereocenters. The Labute approximate surface area is 198 Å². The molecule has 1 fully saturated rings. The van der Waals surface area contributed by atoms with E-state index in [0.717, 1.165) is 23.1 Å². The number of rotatable bonds is 5. The van der Waals surface area contributed by atoms with E-state index >= 15 is 0 Å². The number of nitrogens with zero attached hydrogens (tertiary/aromatic N) is 1. The molecule has 0 aliphatic carbocycles. The lowest BCUT2D eigenvalue weighted by Crippen LogP contribution is -2.29. The number of hydrogen-bond acceptors (Lipinski definition) is 5. The SMILES string of the molecule is CCOc1cccc(/C(O)=C2\C(=O)C(=O)N(c3ccc(F)c(F)c3)C2c2ccc(O)c(Cl)c2)c1. The van der Waals surface area contributed by atoms with Gasteiger partial charge >= 0.3 is 0 Å². The predicted octanol–water partition coefficient (Wildman–Crippen LogP) is 5.35. The molecule has 0 bridgehead atoms. The van der Waals surface area contributed by atoms with Gasteiger partial charge in [-0.1, -0.05) is 29.8 Å². The third kappa shape index (κ3) is 4.08. The van der Waals surface area contributed by atoms with Gasteiger partial charge in [-0.2, -0.15) is 0 Å². The highest BCUT2D eigenvalue weighted by atomic mass is 35.5. The molecule has 1 aliphatic heterocycles. The second kappa shape index (κ2) is 9.15. The number of carbonyl (C=O) groups is 2. The van der Waals surface area contributed by atoms with Crippen LogP contribution in [0, 0.1) is 11.6 Å². The van der Waals surface area contributed by atoms with Crippen LogP contribution in [-0.4, -0.2) is 28.5 Å². The van der Waals surface area contributed by atoms with Crippen molar-refractivity contribution in [2.75, 3.05) is 11.5 Å².